The van der Waals surface area contributed by atoms with Gasteiger partial charge in [0.1, 0.15) is 0 Å². The fraction of sp³-hybridized carbons (Fsp3) is 0.556. The number of nitrogens with one attached hydrogen (secondary N) is 1. The van der Waals surface area contributed by atoms with Gasteiger partial charge >= 0.3 is 0 Å². The molecule has 1 saturated carbocycles. The summed E-state index contributed by atoms with van der Waals surface area (Å²) in [5.41, 5.74) is 2.81. The molecule has 134 valence electrons. The molecule has 25 heavy (non-hydrogen) atoms. The third kappa shape index (κ3) is 4.81. The molecule has 0 aromatic carbocycles. The van der Waals surface area contributed by atoms with Crippen LogP contribution in [0.3, 0.4) is 0 Å². The zero-order valence-electron chi connectivity index (χ0n) is 14.9. The fourth-order valence-corrected chi connectivity index (χ4v) is 3.78. The van der Waals surface area contributed by atoms with E-state index in [2.05, 4.69) is 27.3 Å². The van der Waals surface area contributed by atoms with E-state index < -0.39 is 0 Å². The van der Waals surface area contributed by atoms with Crippen LogP contribution in [0.1, 0.15) is 44.7 Å². The summed E-state index contributed by atoms with van der Waals surface area (Å²) >= 11 is 1.38. The Labute approximate surface area is 152 Å². The van der Waals surface area contributed by atoms with Crippen LogP contribution in [-0.4, -0.2) is 37.5 Å². The average molecular weight is 359 g/mol. The second kappa shape index (κ2) is 8.47. The van der Waals surface area contributed by atoms with Crippen molar-refractivity contribution in [3.8, 4) is 11.3 Å². The maximum absolute atomic E-state index is 12.1. The van der Waals surface area contributed by atoms with E-state index in [1.54, 1.807) is 6.20 Å². The third-order valence-corrected chi connectivity index (χ3v) is 5.34. The highest BCUT2D eigenvalue weighted by Gasteiger charge is 2.16. The zero-order chi connectivity index (χ0) is 17.6. The SMILES string of the molecule is CCn1cc(-c2ccnc(SCC(=O)NC3CCCCC3)n2)c(C)n1. The second-order valence-electron chi connectivity index (χ2n) is 6.40. The number of aromatic nitrogens is 4. The van der Waals surface area contributed by atoms with E-state index in [1.807, 2.05) is 23.9 Å². The maximum atomic E-state index is 12.1. The van der Waals surface area contributed by atoms with Gasteiger partial charge in [0, 0.05) is 30.5 Å². The molecule has 6 nitrogen and oxygen atoms in total. The summed E-state index contributed by atoms with van der Waals surface area (Å²) in [5.74, 6) is 0.425. The third-order valence-electron chi connectivity index (χ3n) is 4.48. The van der Waals surface area contributed by atoms with Gasteiger partial charge in [-0.2, -0.15) is 5.10 Å². The normalized spacial score (nSPS) is 15.3. The van der Waals surface area contributed by atoms with Crippen LogP contribution in [0, 0.1) is 6.92 Å². The predicted octanol–water partition coefficient (Wildman–Crippen LogP) is 3.21. The van der Waals surface area contributed by atoms with Crippen molar-refractivity contribution in [1.29, 1.82) is 0 Å². The van der Waals surface area contributed by atoms with Gasteiger partial charge in [0.15, 0.2) is 5.16 Å². The van der Waals surface area contributed by atoms with Gasteiger partial charge in [-0.1, -0.05) is 31.0 Å². The molecule has 2 aromatic heterocycles. The molecular formula is C18H25N5OS. The number of amides is 1. The van der Waals surface area contributed by atoms with E-state index in [-0.39, 0.29) is 5.91 Å². The van der Waals surface area contributed by atoms with E-state index in [0.29, 0.717) is 17.0 Å². The first-order valence-electron chi connectivity index (χ1n) is 8.95. The molecule has 0 aliphatic heterocycles. The number of carbonyl (C=O) groups excluding carboxylic acids is 1. The van der Waals surface area contributed by atoms with Crippen LogP contribution in [0.25, 0.3) is 11.3 Å². The number of carbonyl (C=O) groups is 1. The summed E-state index contributed by atoms with van der Waals surface area (Å²) in [6.45, 7) is 4.87. The molecule has 1 amide bonds. The predicted molar refractivity (Wildman–Crippen MR) is 99.4 cm³/mol. The molecule has 0 radical (unpaired) electrons. The van der Waals surface area contributed by atoms with Gasteiger partial charge in [-0.25, -0.2) is 9.97 Å². The van der Waals surface area contributed by atoms with Gasteiger partial charge in [-0.05, 0) is 32.8 Å². The van der Waals surface area contributed by atoms with Gasteiger partial charge in [0.25, 0.3) is 0 Å². The van der Waals surface area contributed by atoms with Gasteiger partial charge in [-0.15, -0.1) is 0 Å². The highest BCUT2D eigenvalue weighted by molar-refractivity contribution is 7.99. The number of thioether (sulfide) groups is 1. The minimum absolute atomic E-state index is 0.0703. The van der Waals surface area contributed by atoms with Crippen molar-refractivity contribution < 1.29 is 4.79 Å². The Bertz CT molecular complexity index is 724. The monoisotopic (exact) mass is 359 g/mol. The molecule has 0 spiro atoms. The van der Waals surface area contributed by atoms with Crippen LogP contribution in [0.2, 0.25) is 0 Å². The summed E-state index contributed by atoms with van der Waals surface area (Å²) in [4.78, 5) is 21.0. The van der Waals surface area contributed by atoms with Crippen LogP contribution in [0.5, 0.6) is 0 Å². The molecule has 3 rings (SSSR count). The van der Waals surface area contributed by atoms with E-state index >= 15 is 0 Å². The molecule has 1 fully saturated rings. The van der Waals surface area contributed by atoms with Crippen molar-refractivity contribution in [1.82, 2.24) is 25.1 Å². The Hall–Kier alpha value is -1.89. The molecule has 2 heterocycles. The van der Waals surface area contributed by atoms with Gasteiger partial charge in [-0.3, -0.25) is 9.48 Å². The molecule has 0 saturated heterocycles. The lowest BCUT2D eigenvalue weighted by molar-refractivity contribution is -0.119. The van der Waals surface area contributed by atoms with E-state index in [4.69, 9.17) is 0 Å². The smallest absolute Gasteiger partial charge is 0.230 e. The number of rotatable bonds is 6. The highest BCUT2D eigenvalue weighted by atomic mass is 32.2. The van der Waals surface area contributed by atoms with Crippen LogP contribution < -0.4 is 5.32 Å². The number of hydrogen-bond donors (Lipinski definition) is 1. The van der Waals surface area contributed by atoms with Crippen molar-refractivity contribution in [2.75, 3.05) is 5.75 Å². The lowest BCUT2D eigenvalue weighted by atomic mass is 9.95. The van der Waals surface area contributed by atoms with Gasteiger partial charge in [0.2, 0.25) is 5.91 Å². The molecule has 1 aliphatic rings. The standard InChI is InChI=1S/C18H25N5OS/c1-3-23-11-15(13(2)22-23)16-9-10-19-18(21-16)25-12-17(24)20-14-7-5-4-6-8-14/h9-11,14H,3-8,12H2,1-2H3,(H,20,24). The van der Waals surface area contributed by atoms with Crippen molar-refractivity contribution >= 4 is 17.7 Å². The molecule has 7 heteroatoms. The molecule has 0 bridgehead atoms. The summed E-state index contributed by atoms with van der Waals surface area (Å²) in [6, 6.07) is 2.23. The zero-order valence-corrected chi connectivity index (χ0v) is 15.7. The van der Waals surface area contributed by atoms with Crippen molar-refractivity contribution in [2.24, 2.45) is 0 Å². The maximum Gasteiger partial charge on any atom is 0.230 e. The molecule has 0 unspecified atom stereocenters. The molecule has 2 aromatic rings. The minimum Gasteiger partial charge on any atom is -0.353 e. The molecular weight excluding hydrogens is 334 g/mol. The van der Waals surface area contributed by atoms with Crippen molar-refractivity contribution in [3.63, 3.8) is 0 Å². The Balaban J connectivity index is 1.59. The van der Waals surface area contributed by atoms with Gasteiger partial charge in [0.05, 0.1) is 17.1 Å². The van der Waals surface area contributed by atoms with E-state index in [1.165, 1.54) is 31.0 Å². The van der Waals surface area contributed by atoms with Crippen LogP contribution in [0.15, 0.2) is 23.6 Å². The van der Waals surface area contributed by atoms with Crippen molar-refractivity contribution in [3.05, 3.63) is 24.2 Å². The summed E-state index contributed by atoms with van der Waals surface area (Å²) < 4.78 is 1.90. The Morgan fingerprint density at radius 2 is 2.16 bits per heavy atom. The summed E-state index contributed by atoms with van der Waals surface area (Å²) in [5, 5.41) is 8.21. The van der Waals surface area contributed by atoms with Crippen LogP contribution in [-0.2, 0) is 11.3 Å². The number of nitrogens with zero attached hydrogens (tertiary/aromatic N) is 4. The fourth-order valence-electron chi connectivity index (χ4n) is 3.14. The highest BCUT2D eigenvalue weighted by Crippen LogP contribution is 2.23. The lowest BCUT2D eigenvalue weighted by Crippen LogP contribution is -2.37. The topological polar surface area (TPSA) is 72.7 Å². The van der Waals surface area contributed by atoms with E-state index in [9.17, 15) is 4.79 Å². The lowest BCUT2D eigenvalue weighted by Gasteiger charge is -2.22. The Kier molecular flexibility index (Phi) is 6.07. The Morgan fingerprint density at radius 1 is 1.36 bits per heavy atom. The minimum atomic E-state index is 0.0703. The van der Waals surface area contributed by atoms with Crippen LogP contribution in [0.4, 0.5) is 0 Å². The van der Waals surface area contributed by atoms with Crippen molar-refractivity contribution in [2.45, 2.75) is 63.7 Å². The largest absolute Gasteiger partial charge is 0.353 e. The first kappa shape index (κ1) is 17.9. The summed E-state index contributed by atoms with van der Waals surface area (Å²) in [6.07, 6.45) is 9.67. The van der Waals surface area contributed by atoms with Gasteiger partial charge < -0.3 is 5.32 Å². The van der Waals surface area contributed by atoms with Crippen LogP contribution >= 0.6 is 11.8 Å². The first-order chi connectivity index (χ1) is 12.2. The average Bonchev–Trinajstić information content (AvgIpc) is 3.02. The van der Waals surface area contributed by atoms with E-state index in [0.717, 1.165) is 36.3 Å². The summed E-state index contributed by atoms with van der Waals surface area (Å²) in [7, 11) is 0. The molecule has 0 atom stereocenters. The second-order valence-corrected chi connectivity index (χ2v) is 7.34. The molecule has 1 N–H and O–H groups in total. The number of aryl methyl sites for hydroxylation is 2. The Morgan fingerprint density at radius 3 is 2.88 bits per heavy atom. The molecule has 1 aliphatic carbocycles. The number of hydrogen-bond acceptors (Lipinski definition) is 5. The first-order valence-corrected chi connectivity index (χ1v) is 9.94. The quantitative estimate of drug-likeness (QED) is 0.633.